The highest BCUT2D eigenvalue weighted by atomic mass is 32.2. The van der Waals surface area contributed by atoms with Gasteiger partial charge in [-0.3, -0.25) is 4.79 Å². The van der Waals surface area contributed by atoms with Gasteiger partial charge in [0.15, 0.2) is 5.78 Å². The van der Waals surface area contributed by atoms with Crippen molar-refractivity contribution in [3.05, 3.63) is 71.9 Å². The Bertz CT molecular complexity index is 1040. The molecule has 3 aromatic rings. The SMILES string of the molecule is CN1/C(=C/C(=O)CSc2nnc(-c3ccccc3)o2)C(C)(C)c2ccccc21. The second-order valence-electron chi connectivity index (χ2n) is 7.22. The van der Waals surface area contributed by atoms with Gasteiger partial charge in [-0.25, -0.2) is 0 Å². The van der Waals surface area contributed by atoms with Crippen LogP contribution in [0.1, 0.15) is 19.4 Å². The Morgan fingerprint density at radius 3 is 2.57 bits per heavy atom. The fraction of sp³-hybridized carbons (Fsp3) is 0.227. The molecule has 0 spiro atoms. The van der Waals surface area contributed by atoms with Gasteiger partial charge in [0.25, 0.3) is 5.22 Å². The Morgan fingerprint density at radius 2 is 1.82 bits per heavy atom. The van der Waals surface area contributed by atoms with E-state index in [4.69, 9.17) is 4.42 Å². The van der Waals surface area contributed by atoms with E-state index in [9.17, 15) is 4.79 Å². The molecule has 1 aromatic heterocycles. The largest absolute Gasteiger partial charge is 0.411 e. The number of ketones is 1. The molecule has 1 aliphatic rings. The first kappa shape index (κ1) is 18.5. The summed E-state index contributed by atoms with van der Waals surface area (Å²) >= 11 is 1.26. The van der Waals surface area contributed by atoms with Gasteiger partial charge >= 0.3 is 0 Å². The third-order valence-electron chi connectivity index (χ3n) is 5.00. The number of carbonyl (C=O) groups is 1. The average Bonchev–Trinajstić information content (AvgIpc) is 3.25. The third kappa shape index (κ3) is 3.36. The van der Waals surface area contributed by atoms with Crippen LogP contribution in [0.3, 0.4) is 0 Å². The fourth-order valence-corrected chi connectivity index (χ4v) is 4.14. The van der Waals surface area contributed by atoms with Gasteiger partial charge in [0.1, 0.15) is 0 Å². The van der Waals surface area contributed by atoms with Crippen molar-refractivity contribution in [3.8, 4) is 11.5 Å². The summed E-state index contributed by atoms with van der Waals surface area (Å²) in [6, 6.07) is 17.8. The molecule has 0 saturated carbocycles. The molecule has 0 saturated heterocycles. The molecule has 142 valence electrons. The van der Waals surface area contributed by atoms with Crippen LogP contribution in [0.5, 0.6) is 0 Å². The molecule has 1 aliphatic heterocycles. The Morgan fingerprint density at radius 1 is 1.11 bits per heavy atom. The summed E-state index contributed by atoms with van der Waals surface area (Å²) in [6.07, 6.45) is 1.74. The van der Waals surface area contributed by atoms with E-state index in [1.165, 1.54) is 17.3 Å². The zero-order valence-corrected chi connectivity index (χ0v) is 16.9. The van der Waals surface area contributed by atoms with Crippen LogP contribution in [0.25, 0.3) is 11.5 Å². The monoisotopic (exact) mass is 391 g/mol. The van der Waals surface area contributed by atoms with E-state index in [0.29, 0.717) is 11.1 Å². The number of aromatic nitrogens is 2. The highest BCUT2D eigenvalue weighted by molar-refractivity contribution is 7.99. The van der Waals surface area contributed by atoms with Crippen molar-refractivity contribution in [3.63, 3.8) is 0 Å². The number of anilines is 1. The van der Waals surface area contributed by atoms with Crippen LogP contribution in [0, 0.1) is 0 Å². The Hall–Kier alpha value is -2.86. The lowest BCUT2D eigenvalue weighted by Crippen LogP contribution is -2.24. The summed E-state index contributed by atoms with van der Waals surface area (Å²) in [5.41, 5.74) is 4.02. The van der Waals surface area contributed by atoms with Gasteiger partial charge < -0.3 is 9.32 Å². The zero-order chi connectivity index (χ0) is 19.7. The molecule has 0 N–H and O–H groups in total. The minimum absolute atomic E-state index is 0.0205. The highest BCUT2D eigenvalue weighted by Crippen LogP contribution is 2.46. The molecule has 2 heterocycles. The Labute approximate surface area is 168 Å². The van der Waals surface area contributed by atoms with E-state index < -0.39 is 0 Å². The van der Waals surface area contributed by atoms with Crippen molar-refractivity contribution < 1.29 is 9.21 Å². The molecular formula is C22H21N3O2S. The van der Waals surface area contributed by atoms with Crippen LogP contribution in [0.15, 0.2) is 76.0 Å². The lowest BCUT2D eigenvalue weighted by atomic mass is 9.83. The minimum atomic E-state index is -0.212. The topological polar surface area (TPSA) is 59.2 Å². The van der Waals surface area contributed by atoms with Crippen LogP contribution in [0.4, 0.5) is 5.69 Å². The van der Waals surface area contributed by atoms with Gasteiger partial charge in [0, 0.05) is 35.5 Å². The lowest BCUT2D eigenvalue weighted by molar-refractivity contribution is -0.112. The van der Waals surface area contributed by atoms with Crippen molar-refractivity contribution in [1.82, 2.24) is 10.2 Å². The molecule has 5 nitrogen and oxygen atoms in total. The number of allylic oxidation sites excluding steroid dienone is 2. The molecule has 0 unspecified atom stereocenters. The molecule has 28 heavy (non-hydrogen) atoms. The summed E-state index contributed by atoms with van der Waals surface area (Å²) in [5, 5.41) is 8.49. The van der Waals surface area contributed by atoms with Crippen LogP contribution >= 0.6 is 11.8 Å². The molecule has 0 bridgehead atoms. The Kier molecular flexibility index (Phi) is 4.81. The highest BCUT2D eigenvalue weighted by Gasteiger charge is 2.38. The first-order valence-corrected chi connectivity index (χ1v) is 10.1. The first-order chi connectivity index (χ1) is 13.5. The minimum Gasteiger partial charge on any atom is -0.411 e. The zero-order valence-electron chi connectivity index (χ0n) is 16.0. The van der Waals surface area contributed by atoms with Crippen LogP contribution in [0.2, 0.25) is 0 Å². The average molecular weight is 391 g/mol. The van der Waals surface area contributed by atoms with Gasteiger partial charge in [0.2, 0.25) is 5.89 Å². The smallest absolute Gasteiger partial charge is 0.277 e. The van der Waals surface area contributed by atoms with Gasteiger partial charge in [-0.2, -0.15) is 0 Å². The first-order valence-electron chi connectivity index (χ1n) is 9.07. The number of rotatable bonds is 5. The molecule has 0 atom stereocenters. The molecule has 0 radical (unpaired) electrons. The van der Waals surface area contributed by atoms with Gasteiger partial charge in [-0.15, -0.1) is 10.2 Å². The maximum absolute atomic E-state index is 12.6. The van der Waals surface area contributed by atoms with E-state index in [1.54, 1.807) is 6.08 Å². The van der Waals surface area contributed by atoms with Crippen molar-refractivity contribution in [2.75, 3.05) is 17.7 Å². The maximum atomic E-state index is 12.6. The number of fused-ring (bicyclic) bond motifs is 1. The fourth-order valence-electron chi connectivity index (χ4n) is 3.55. The van der Waals surface area contributed by atoms with Gasteiger partial charge in [-0.1, -0.05) is 62.0 Å². The van der Waals surface area contributed by atoms with Gasteiger partial charge in [-0.05, 0) is 23.8 Å². The number of para-hydroxylation sites is 1. The molecular weight excluding hydrogens is 370 g/mol. The number of likely N-dealkylation sites (N-methyl/N-ethyl adjacent to an activating group) is 1. The Balaban J connectivity index is 1.46. The number of benzene rings is 2. The van der Waals surface area contributed by atoms with Crippen LogP contribution < -0.4 is 4.90 Å². The predicted octanol–water partition coefficient (Wildman–Crippen LogP) is 4.71. The number of nitrogens with zero attached hydrogens (tertiary/aromatic N) is 3. The van der Waals surface area contributed by atoms with Crippen molar-refractivity contribution in [1.29, 1.82) is 0 Å². The second-order valence-corrected chi connectivity index (χ2v) is 8.15. The summed E-state index contributed by atoms with van der Waals surface area (Å²) in [4.78, 5) is 14.7. The van der Waals surface area contributed by atoms with Crippen molar-refractivity contribution in [2.45, 2.75) is 24.5 Å². The van der Waals surface area contributed by atoms with E-state index in [2.05, 4.69) is 41.1 Å². The number of hydrogen-bond acceptors (Lipinski definition) is 6. The molecule has 2 aromatic carbocycles. The summed E-state index contributed by atoms with van der Waals surface area (Å²) in [5.74, 6) is 0.730. The van der Waals surface area contributed by atoms with E-state index in [-0.39, 0.29) is 17.0 Å². The van der Waals surface area contributed by atoms with Crippen molar-refractivity contribution in [2.24, 2.45) is 0 Å². The van der Waals surface area contributed by atoms with E-state index in [1.807, 2.05) is 49.5 Å². The quantitative estimate of drug-likeness (QED) is 0.464. The number of carbonyl (C=O) groups excluding carboxylic acids is 1. The maximum Gasteiger partial charge on any atom is 0.277 e. The molecule has 0 aliphatic carbocycles. The summed E-state index contributed by atoms with van der Waals surface area (Å²) in [7, 11) is 2.00. The van der Waals surface area contributed by atoms with Crippen molar-refractivity contribution >= 4 is 23.2 Å². The molecule has 0 amide bonds. The standard InChI is InChI=1S/C22H21N3O2S/c1-22(2)17-11-7-8-12-18(17)25(3)19(22)13-16(26)14-28-21-24-23-20(27-21)15-9-5-4-6-10-15/h4-13H,14H2,1-3H3/b19-13+. The van der Waals surface area contributed by atoms with Gasteiger partial charge in [0.05, 0.1) is 5.75 Å². The van der Waals surface area contributed by atoms with E-state index in [0.717, 1.165) is 16.9 Å². The summed E-state index contributed by atoms with van der Waals surface area (Å²) < 4.78 is 5.66. The third-order valence-corrected chi connectivity index (χ3v) is 5.84. The normalized spacial score (nSPS) is 16.4. The number of hydrogen-bond donors (Lipinski definition) is 0. The second kappa shape index (κ2) is 7.28. The number of thioether (sulfide) groups is 1. The van der Waals surface area contributed by atoms with Crippen LogP contribution in [-0.4, -0.2) is 28.8 Å². The molecule has 4 rings (SSSR count). The summed E-state index contributed by atoms with van der Waals surface area (Å²) in [6.45, 7) is 4.29. The molecule has 0 fully saturated rings. The van der Waals surface area contributed by atoms with Crippen LogP contribution in [-0.2, 0) is 10.2 Å². The lowest BCUT2D eigenvalue weighted by Gasteiger charge is -2.23. The predicted molar refractivity (Wildman–Crippen MR) is 111 cm³/mol. The molecule has 6 heteroatoms. The van der Waals surface area contributed by atoms with E-state index >= 15 is 0 Å².